The van der Waals surface area contributed by atoms with E-state index >= 15 is 0 Å². The van der Waals surface area contributed by atoms with Gasteiger partial charge in [-0.05, 0) is 20.8 Å². The highest BCUT2D eigenvalue weighted by atomic mass is 16.5. The number of carbonyl (C=O) groups is 2. The molecule has 0 aromatic heterocycles. The average molecular weight is 271 g/mol. The van der Waals surface area contributed by atoms with Gasteiger partial charge in [0.25, 0.3) is 0 Å². The monoisotopic (exact) mass is 271 g/mol. The van der Waals surface area contributed by atoms with Gasteiger partial charge in [-0.15, -0.1) is 0 Å². The molecule has 0 unspecified atom stereocenters. The highest BCUT2D eigenvalue weighted by Gasteiger charge is 2.21. The Labute approximate surface area is 115 Å². The summed E-state index contributed by atoms with van der Waals surface area (Å²) in [6, 6.07) is 0. The normalized spacial score (nSPS) is 16.3. The van der Waals surface area contributed by atoms with Gasteiger partial charge in [0.15, 0.2) is 0 Å². The second-order valence-corrected chi connectivity index (χ2v) is 5.78. The molecule has 0 atom stereocenters. The number of hydrogen-bond acceptors (Lipinski definition) is 4. The van der Waals surface area contributed by atoms with Gasteiger partial charge in [0.05, 0.1) is 12.1 Å². The molecule has 110 valence electrons. The van der Waals surface area contributed by atoms with Crippen LogP contribution in [0.4, 0.5) is 0 Å². The van der Waals surface area contributed by atoms with E-state index in [1.807, 2.05) is 20.8 Å². The smallest absolute Gasteiger partial charge is 0.248 e. The van der Waals surface area contributed by atoms with Crippen molar-refractivity contribution in [1.82, 2.24) is 15.1 Å². The zero-order chi connectivity index (χ0) is 14.5. The van der Waals surface area contributed by atoms with Gasteiger partial charge >= 0.3 is 0 Å². The van der Waals surface area contributed by atoms with Crippen molar-refractivity contribution in [2.24, 2.45) is 0 Å². The molecule has 0 saturated carbocycles. The lowest BCUT2D eigenvalue weighted by atomic mass is 10.2. The summed E-state index contributed by atoms with van der Waals surface area (Å²) in [4.78, 5) is 27.0. The number of rotatable bonds is 4. The number of nitrogens with zero attached hydrogens (tertiary/aromatic N) is 2. The number of carbonyl (C=O) groups excluding carboxylic acids is 2. The largest absolute Gasteiger partial charge is 0.366 e. The summed E-state index contributed by atoms with van der Waals surface area (Å²) in [5, 5.41) is 3.19. The molecule has 0 aliphatic carbocycles. The molecule has 1 heterocycles. The quantitative estimate of drug-likeness (QED) is 0.762. The predicted octanol–water partition coefficient (Wildman–Crippen LogP) is -0.308. The van der Waals surface area contributed by atoms with Crippen molar-refractivity contribution >= 4 is 11.8 Å². The van der Waals surface area contributed by atoms with Gasteiger partial charge < -0.3 is 19.9 Å². The number of likely N-dealkylation sites (N-methyl/N-ethyl adjacent to an activating group) is 1. The predicted molar refractivity (Wildman–Crippen MR) is 72.8 cm³/mol. The van der Waals surface area contributed by atoms with E-state index in [2.05, 4.69) is 5.32 Å². The number of nitrogens with one attached hydrogen (secondary N) is 1. The summed E-state index contributed by atoms with van der Waals surface area (Å²) >= 11 is 0. The summed E-state index contributed by atoms with van der Waals surface area (Å²) in [6.45, 7) is 8.86. The van der Waals surface area contributed by atoms with Gasteiger partial charge in [-0.25, -0.2) is 0 Å². The second kappa shape index (κ2) is 6.86. The fourth-order valence-electron chi connectivity index (χ4n) is 1.69. The van der Waals surface area contributed by atoms with Crippen LogP contribution in [0.1, 0.15) is 20.8 Å². The lowest BCUT2D eigenvalue weighted by Gasteiger charge is -2.29. The van der Waals surface area contributed by atoms with Crippen LogP contribution in [0.5, 0.6) is 0 Å². The van der Waals surface area contributed by atoms with Crippen LogP contribution in [-0.4, -0.2) is 73.6 Å². The molecule has 0 spiro atoms. The van der Waals surface area contributed by atoms with Crippen molar-refractivity contribution in [2.75, 3.05) is 46.4 Å². The first-order valence-electron chi connectivity index (χ1n) is 6.66. The van der Waals surface area contributed by atoms with E-state index in [1.54, 1.807) is 11.9 Å². The van der Waals surface area contributed by atoms with Crippen LogP contribution in [0.15, 0.2) is 0 Å². The SMILES string of the molecule is CN(CC(=O)N1CCNCC1)C(=O)COC(C)(C)C. The summed E-state index contributed by atoms with van der Waals surface area (Å²) in [7, 11) is 1.63. The minimum absolute atomic E-state index is 0.00638. The molecule has 1 rings (SSSR count). The molecule has 1 saturated heterocycles. The Kier molecular flexibility index (Phi) is 5.75. The van der Waals surface area contributed by atoms with Crippen molar-refractivity contribution in [1.29, 1.82) is 0 Å². The molecule has 1 fully saturated rings. The Morgan fingerprint density at radius 1 is 1.26 bits per heavy atom. The molecule has 6 heteroatoms. The molecular weight excluding hydrogens is 246 g/mol. The molecule has 1 N–H and O–H groups in total. The summed E-state index contributed by atoms with van der Waals surface area (Å²) in [5.41, 5.74) is -0.348. The molecule has 0 aromatic rings. The third kappa shape index (κ3) is 6.02. The molecule has 19 heavy (non-hydrogen) atoms. The van der Waals surface area contributed by atoms with Crippen LogP contribution in [0.3, 0.4) is 0 Å². The van der Waals surface area contributed by atoms with Gasteiger partial charge in [0, 0.05) is 33.2 Å². The van der Waals surface area contributed by atoms with Crippen molar-refractivity contribution in [3.8, 4) is 0 Å². The molecule has 0 radical (unpaired) electrons. The first kappa shape index (κ1) is 15.9. The molecule has 1 aliphatic heterocycles. The number of piperazine rings is 1. The maximum atomic E-state index is 12.0. The Hall–Kier alpha value is -1.14. The van der Waals surface area contributed by atoms with E-state index in [1.165, 1.54) is 4.90 Å². The van der Waals surface area contributed by atoms with E-state index in [-0.39, 0.29) is 30.6 Å². The summed E-state index contributed by atoms with van der Waals surface area (Å²) in [6.07, 6.45) is 0. The molecule has 0 bridgehead atoms. The summed E-state index contributed by atoms with van der Waals surface area (Å²) in [5.74, 6) is -0.175. The lowest BCUT2D eigenvalue weighted by molar-refractivity contribution is -0.145. The van der Waals surface area contributed by atoms with Crippen LogP contribution in [0.25, 0.3) is 0 Å². The van der Waals surface area contributed by atoms with Crippen LogP contribution < -0.4 is 5.32 Å². The second-order valence-electron chi connectivity index (χ2n) is 5.78. The Morgan fingerprint density at radius 3 is 2.37 bits per heavy atom. The van der Waals surface area contributed by atoms with Crippen LogP contribution >= 0.6 is 0 Å². The summed E-state index contributed by atoms with van der Waals surface area (Å²) < 4.78 is 5.41. The number of ether oxygens (including phenoxy) is 1. The fraction of sp³-hybridized carbons (Fsp3) is 0.846. The van der Waals surface area contributed by atoms with Crippen molar-refractivity contribution in [3.63, 3.8) is 0 Å². The molecule has 2 amide bonds. The van der Waals surface area contributed by atoms with Gasteiger partial charge in [-0.2, -0.15) is 0 Å². The van der Waals surface area contributed by atoms with Gasteiger partial charge in [-0.1, -0.05) is 0 Å². The number of hydrogen-bond donors (Lipinski definition) is 1. The van der Waals surface area contributed by atoms with E-state index in [0.717, 1.165) is 13.1 Å². The first-order chi connectivity index (χ1) is 8.79. The third-order valence-electron chi connectivity index (χ3n) is 2.90. The molecular formula is C13H25N3O3. The minimum atomic E-state index is -0.348. The van der Waals surface area contributed by atoms with E-state index < -0.39 is 0 Å². The van der Waals surface area contributed by atoms with E-state index in [9.17, 15) is 9.59 Å². The maximum absolute atomic E-state index is 12.0. The topological polar surface area (TPSA) is 61.9 Å². The molecule has 0 aromatic carbocycles. The Morgan fingerprint density at radius 2 is 1.84 bits per heavy atom. The first-order valence-corrected chi connectivity index (χ1v) is 6.66. The van der Waals surface area contributed by atoms with Gasteiger partial charge in [-0.3, -0.25) is 9.59 Å². The fourth-order valence-corrected chi connectivity index (χ4v) is 1.69. The van der Waals surface area contributed by atoms with Crippen molar-refractivity contribution in [3.05, 3.63) is 0 Å². The van der Waals surface area contributed by atoms with E-state index in [0.29, 0.717) is 13.1 Å². The van der Waals surface area contributed by atoms with Gasteiger partial charge in [0.2, 0.25) is 11.8 Å². The van der Waals surface area contributed by atoms with Crippen LogP contribution in [-0.2, 0) is 14.3 Å². The zero-order valence-electron chi connectivity index (χ0n) is 12.4. The average Bonchev–Trinajstić information content (AvgIpc) is 2.36. The standard InChI is InChI=1S/C13H25N3O3/c1-13(2,3)19-10-12(18)15(4)9-11(17)16-7-5-14-6-8-16/h14H,5-10H2,1-4H3. The maximum Gasteiger partial charge on any atom is 0.248 e. The number of amides is 2. The van der Waals surface area contributed by atoms with Crippen LogP contribution in [0, 0.1) is 0 Å². The van der Waals surface area contributed by atoms with Crippen molar-refractivity contribution < 1.29 is 14.3 Å². The minimum Gasteiger partial charge on any atom is -0.366 e. The zero-order valence-corrected chi connectivity index (χ0v) is 12.4. The molecule has 1 aliphatic rings. The van der Waals surface area contributed by atoms with E-state index in [4.69, 9.17) is 4.74 Å². The highest BCUT2D eigenvalue weighted by Crippen LogP contribution is 2.06. The van der Waals surface area contributed by atoms with Crippen LogP contribution in [0.2, 0.25) is 0 Å². The Bertz CT molecular complexity index is 320. The lowest BCUT2D eigenvalue weighted by Crippen LogP contribution is -2.50. The highest BCUT2D eigenvalue weighted by molar-refractivity contribution is 5.85. The third-order valence-corrected chi connectivity index (χ3v) is 2.90. The van der Waals surface area contributed by atoms with Crippen molar-refractivity contribution in [2.45, 2.75) is 26.4 Å². The molecule has 6 nitrogen and oxygen atoms in total. The van der Waals surface area contributed by atoms with Gasteiger partial charge in [0.1, 0.15) is 6.61 Å². The Balaban J connectivity index is 2.34.